The Morgan fingerprint density at radius 3 is 1.33 bits per heavy atom. The molecule has 0 bridgehead atoms. The molecule has 0 amide bonds. The van der Waals surface area contributed by atoms with Crippen LogP contribution in [0.2, 0.25) is 0 Å². The topological polar surface area (TPSA) is 112 Å². The third-order valence-corrected chi connectivity index (χ3v) is 13.1. The number of hydrogen-bond donors (Lipinski definition) is 3. The van der Waals surface area contributed by atoms with Crippen LogP contribution in [0.15, 0.2) is 0 Å². The summed E-state index contributed by atoms with van der Waals surface area (Å²) in [4.78, 5) is 37.0. The zero-order valence-corrected chi connectivity index (χ0v) is 34.5. The molecule has 0 aliphatic heterocycles. The van der Waals surface area contributed by atoms with Gasteiger partial charge in [-0.1, -0.05) is 157 Å². The fourth-order valence-corrected chi connectivity index (χ4v) is 11.0. The summed E-state index contributed by atoms with van der Waals surface area (Å²) < 4.78 is 0. The molecule has 0 radical (unpaired) electrons. The largest absolute Gasteiger partial charge is 0.481 e. The number of hydrogen-bond acceptors (Lipinski definition) is 3. The van der Waals surface area contributed by atoms with Crippen molar-refractivity contribution in [1.29, 1.82) is 0 Å². The molecule has 1 saturated carbocycles. The molecule has 0 aromatic rings. The molecule has 0 heterocycles. The molecule has 1 rings (SSSR count). The van der Waals surface area contributed by atoms with Gasteiger partial charge in [-0.3, -0.25) is 14.4 Å². The molecule has 6 unspecified atom stereocenters. The van der Waals surface area contributed by atoms with E-state index in [9.17, 15) is 29.7 Å². The quantitative estimate of drug-likeness (QED) is 0.0582. The molecule has 0 saturated heterocycles. The predicted octanol–water partition coefficient (Wildman–Crippen LogP) is 13.7. The van der Waals surface area contributed by atoms with Crippen molar-refractivity contribution in [2.24, 2.45) is 40.4 Å². The Labute approximate surface area is 315 Å². The first-order valence-corrected chi connectivity index (χ1v) is 22.1. The molecule has 1 fully saturated rings. The van der Waals surface area contributed by atoms with Crippen LogP contribution in [-0.4, -0.2) is 33.2 Å². The number of carboxylic acids is 3. The van der Waals surface area contributed by atoms with Gasteiger partial charge in [0.25, 0.3) is 0 Å². The van der Waals surface area contributed by atoms with Gasteiger partial charge in [0.05, 0.1) is 0 Å². The van der Waals surface area contributed by atoms with Gasteiger partial charge in [0.2, 0.25) is 0 Å². The van der Waals surface area contributed by atoms with Gasteiger partial charge < -0.3 is 15.3 Å². The van der Waals surface area contributed by atoms with E-state index in [4.69, 9.17) is 0 Å². The first-order valence-electron chi connectivity index (χ1n) is 22.1. The van der Waals surface area contributed by atoms with Crippen LogP contribution in [0.1, 0.15) is 228 Å². The first-order chi connectivity index (χ1) is 24.5. The van der Waals surface area contributed by atoms with Crippen molar-refractivity contribution in [2.45, 2.75) is 228 Å². The molecule has 6 atom stereocenters. The first kappa shape index (κ1) is 47.4. The highest BCUT2D eigenvalue weighted by atomic mass is 16.4. The number of carboxylic acid groups (broad SMARTS) is 3. The summed E-state index contributed by atoms with van der Waals surface area (Å²) in [6.07, 6.45) is 28.3. The number of aliphatic carboxylic acids is 3. The highest BCUT2D eigenvalue weighted by Crippen LogP contribution is 2.68. The summed E-state index contributed by atoms with van der Waals surface area (Å²) in [6, 6.07) is 0. The van der Waals surface area contributed by atoms with Crippen molar-refractivity contribution in [3.8, 4) is 0 Å². The molecule has 3 N–H and O–H groups in total. The van der Waals surface area contributed by atoms with E-state index in [2.05, 4.69) is 41.5 Å². The zero-order valence-electron chi connectivity index (χ0n) is 34.5. The summed E-state index contributed by atoms with van der Waals surface area (Å²) in [7, 11) is 0. The molecule has 1 aliphatic carbocycles. The van der Waals surface area contributed by atoms with Gasteiger partial charge >= 0.3 is 17.9 Å². The number of unbranched alkanes of at least 4 members (excludes halogenated alkanes) is 6. The van der Waals surface area contributed by atoms with E-state index in [1.54, 1.807) is 0 Å². The second kappa shape index (κ2) is 27.1. The SMILES string of the molecule is CCCCCC(CCC)CC1(CCC(=O)O)CC(CCC(=O)O)CC(CCC(=O)O)C1(CC(CCC)CCCCC)CC(CCC)CCCCC. The Bertz CT molecular complexity index is 910. The standard InChI is InChI=1S/C45H84O6/c1-7-13-16-22-36(19-10-4)32-44(30-29-43(50)51)33-39(25-27-41(46)47)31-40(26-28-42(48)49)45(44,34-37(20-11-5)23-17-14-8-2)35-38(21-12-6)24-18-15-9-3/h36-40H,7-35H2,1-6H3,(H,46,47)(H,48,49)(H,50,51). The lowest BCUT2D eigenvalue weighted by atomic mass is 9.41. The highest BCUT2D eigenvalue weighted by molar-refractivity contribution is 5.67. The van der Waals surface area contributed by atoms with Crippen LogP contribution in [0.4, 0.5) is 0 Å². The Morgan fingerprint density at radius 2 is 0.941 bits per heavy atom. The molecule has 300 valence electrons. The maximum absolute atomic E-state index is 12.7. The maximum atomic E-state index is 12.7. The molecule has 0 aromatic heterocycles. The summed E-state index contributed by atoms with van der Waals surface area (Å²) in [5.74, 6) is -0.353. The molecule has 1 aliphatic rings. The van der Waals surface area contributed by atoms with Crippen LogP contribution in [0.5, 0.6) is 0 Å². The van der Waals surface area contributed by atoms with E-state index < -0.39 is 17.9 Å². The fourth-order valence-electron chi connectivity index (χ4n) is 11.0. The van der Waals surface area contributed by atoms with Crippen LogP contribution in [0, 0.1) is 40.4 Å². The van der Waals surface area contributed by atoms with Gasteiger partial charge in [0.1, 0.15) is 0 Å². The summed E-state index contributed by atoms with van der Waals surface area (Å²) in [5.41, 5.74) is -0.415. The van der Waals surface area contributed by atoms with Crippen LogP contribution in [-0.2, 0) is 14.4 Å². The second-order valence-corrected chi connectivity index (χ2v) is 17.3. The minimum absolute atomic E-state index is 0.123. The summed E-state index contributed by atoms with van der Waals surface area (Å²) in [6.45, 7) is 13.7. The average molecular weight is 721 g/mol. The molecule has 51 heavy (non-hydrogen) atoms. The molecule has 6 nitrogen and oxygen atoms in total. The predicted molar refractivity (Wildman–Crippen MR) is 213 cm³/mol. The Morgan fingerprint density at radius 1 is 0.529 bits per heavy atom. The molecule has 0 aromatic carbocycles. The maximum Gasteiger partial charge on any atom is 0.303 e. The van der Waals surface area contributed by atoms with Crippen molar-refractivity contribution in [1.82, 2.24) is 0 Å². The van der Waals surface area contributed by atoms with Gasteiger partial charge in [-0.25, -0.2) is 0 Å². The van der Waals surface area contributed by atoms with Gasteiger partial charge in [0.15, 0.2) is 0 Å². The fraction of sp³-hybridized carbons (Fsp3) is 0.933. The van der Waals surface area contributed by atoms with Crippen molar-refractivity contribution < 1.29 is 29.7 Å². The van der Waals surface area contributed by atoms with Crippen molar-refractivity contribution >= 4 is 17.9 Å². The molecular weight excluding hydrogens is 636 g/mol. The monoisotopic (exact) mass is 721 g/mol. The van der Waals surface area contributed by atoms with E-state index in [0.29, 0.717) is 37.0 Å². The van der Waals surface area contributed by atoms with Crippen LogP contribution in [0.3, 0.4) is 0 Å². The minimum atomic E-state index is -0.772. The smallest absolute Gasteiger partial charge is 0.303 e. The van der Waals surface area contributed by atoms with Crippen LogP contribution < -0.4 is 0 Å². The van der Waals surface area contributed by atoms with E-state index in [1.165, 1.54) is 70.6 Å². The molecular formula is C45H84O6. The molecule has 0 spiro atoms. The van der Waals surface area contributed by atoms with E-state index in [0.717, 1.165) is 77.0 Å². The van der Waals surface area contributed by atoms with Gasteiger partial charge in [0, 0.05) is 19.3 Å². The zero-order chi connectivity index (χ0) is 38.1. The molecule has 6 heteroatoms. The van der Waals surface area contributed by atoms with Crippen molar-refractivity contribution in [3.05, 3.63) is 0 Å². The Balaban J connectivity index is 4.22. The van der Waals surface area contributed by atoms with Gasteiger partial charge in [-0.15, -0.1) is 0 Å². The highest BCUT2D eigenvalue weighted by Gasteiger charge is 2.59. The lowest BCUT2D eigenvalue weighted by Crippen LogP contribution is -2.55. The van der Waals surface area contributed by atoms with Gasteiger partial charge in [-0.2, -0.15) is 0 Å². The van der Waals surface area contributed by atoms with Crippen molar-refractivity contribution in [3.63, 3.8) is 0 Å². The summed E-state index contributed by atoms with van der Waals surface area (Å²) in [5, 5.41) is 30.4. The van der Waals surface area contributed by atoms with Crippen molar-refractivity contribution in [2.75, 3.05) is 0 Å². The lowest BCUT2D eigenvalue weighted by Gasteiger charge is -2.63. The van der Waals surface area contributed by atoms with E-state index >= 15 is 0 Å². The van der Waals surface area contributed by atoms with E-state index in [1.807, 2.05) is 0 Å². The Hall–Kier alpha value is -1.59. The average Bonchev–Trinajstić information content (AvgIpc) is 3.07. The Kier molecular flexibility index (Phi) is 25.2. The van der Waals surface area contributed by atoms with Gasteiger partial charge in [-0.05, 0) is 91.8 Å². The van der Waals surface area contributed by atoms with Crippen LogP contribution >= 0.6 is 0 Å². The number of carbonyl (C=O) groups is 3. The number of rotatable bonds is 33. The third-order valence-electron chi connectivity index (χ3n) is 13.1. The van der Waals surface area contributed by atoms with Crippen LogP contribution in [0.25, 0.3) is 0 Å². The third kappa shape index (κ3) is 17.4. The normalized spacial score (nSPS) is 23.9. The van der Waals surface area contributed by atoms with E-state index in [-0.39, 0.29) is 41.9 Å². The lowest BCUT2D eigenvalue weighted by molar-refractivity contribution is -0.155. The second-order valence-electron chi connectivity index (χ2n) is 17.3. The minimum Gasteiger partial charge on any atom is -0.481 e. The summed E-state index contributed by atoms with van der Waals surface area (Å²) >= 11 is 0.